The topological polar surface area (TPSA) is 110 Å². The number of aromatic nitrogens is 1. The maximum absolute atomic E-state index is 12.1. The molecule has 8 nitrogen and oxygen atoms in total. The number of aliphatic carboxylic acids is 1. The lowest BCUT2D eigenvalue weighted by atomic mass is 9.77. The zero-order chi connectivity index (χ0) is 27.3. The largest absolute Gasteiger partial charge is 0.476 e. The summed E-state index contributed by atoms with van der Waals surface area (Å²) in [6.07, 6.45) is 1.23. The predicted molar refractivity (Wildman–Crippen MR) is 149 cm³/mol. The van der Waals surface area contributed by atoms with Gasteiger partial charge in [-0.25, -0.2) is 9.78 Å². The number of anilines is 1. The lowest BCUT2D eigenvalue weighted by Crippen LogP contribution is -2.38. The molecule has 1 fully saturated rings. The van der Waals surface area contributed by atoms with Crippen molar-refractivity contribution in [2.24, 2.45) is 10.6 Å². The SMILES string of the molecule is COC(=O)C1(CON=C(C(=O)O)c2csc(NC(c3ccccc3)(c3ccccc3)c3ccccc3)n2)CC1. The van der Waals surface area contributed by atoms with Gasteiger partial charge in [-0.15, -0.1) is 11.3 Å². The number of ether oxygens (including phenoxy) is 1. The van der Waals surface area contributed by atoms with E-state index < -0.39 is 16.9 Å². The van der Waals surface area contributed by atoms with Gasteiger partial charge in [-0.1, -0.05) is 96.2 Å². The Labute approximate surface area is 229 Å². The van der Waals surface area contributed by atoms with Gasteiger partial charge in [0.1, 0.15) is 23.3 Å². The van der Waals surface area contributed by atoms with Crippen molar-refractivity contribution in [2.45, 2.75) is 18.4 Å². The van der Waals surface area contributed by atoms with Gasteiger partial charge in [-0.05, 0) is 29.5 Å². The Bertz CT molecular complexity index is 1370. The number of esters is 1. The van der Waals surface area contributed by atoms with Crippen molar-refractivity contribution >= 4 is 34.1 Å². The molecule has 0 radical (unpaired) electrons. The molecule has 0 bridgehead atoms. The summed E-state index contributed by atoms with van der Waals surface area (Å²) in [5.74, 6) is -1.66. The number of carboxylic acid groups (broad SMARTS) is 1. The Morgan fingerprint density at radius 2 is 1.46 bits per heavy atom. The molecule has 0 unspecified atom stereocenters. The molecule has 3 aromatic carbocycles. The Balaban J connectivity index is 1.51. The van der Waals surface area contributed by atoms with Gasteiger partial charge in [0.25, 0.3) is 0 Å². The van der Waals surface area contributed by atoms with Crippen molar-refractivity contribution < 1.29 is 24.3 Å². The summed E-state index contributed by atoms with van der Waals surface area (Å²) >= 11 is 1.27. The zero-order valence-electron chi connectivity index (χ0n) is 21.2. The lowest BCUT2D eigenvalue weighted by molar-refractivity contribution is -0.149. The van der Waals surface area contributed by atoms with E-state index in [1.54, 1.807) is 5.38 Å². The summed E-state index contributed by atoms with van der Waals surface area (Å²) < 4.78 is 4.82. The third kappa shape index (κ3) is 5.26. The number of nitrogens with zero attached hydrogens (tertiary/aromatic N) is 2. The van der Waals surface area contributed by atoms with E-state index in [9.17, 15) is 14.7 Å². The van der Waals surface area contributed by atoms with Gasteiger partial charge in [0.05, 0.1) is 7.11 Å². The van der Waals surface area contributed by atoms with Gasteiger partial charge < -0.3 is 20.0 Å². The number of rotatable bonds is 11. The summed E-state index contributed by atoms with van der Waals surface area (Å²) in [6, 6.07) is 30.1. The Hall–Kier alpha value is -4.50. The molecule has 1 saturated carbocycles. The van der Waals surface area contributed by atoms with Crippen molar-refractivity contribution in [1.82, 2.24) is 4.98 Å². The molecule has 39 heavy (non-hydrogen) atoms. The van der Waals surface area contributed by atoms with Crippen LogP contribution in [0.15, 0.2) is 102 Å². The molecule has 0 amide bonds. The number of hydrogen-bond donors (Lipinski definition) is 2. The second-order valence-electron chi connectivity index (χ2n) is 9.30. The average molecular weight is 542 g/mol. The average Bonchev–Trinajstić information content (AvgIpc) is 3.64. The summed E-state index contributed by atoms with van der Waals surface area (Å²) in [5, 5.41) is 19.4. The number of carboxylic acids is 1. The van der Waals surface area contributed by atoms with E-state index in [0.717, 1.165) is 16.7 Å². The molecule has 1 aliphatic rings. The third-order valence-electron chi connectivity index (χ3n) is 6.83. The first-order valence-electron chi connectivity index (χ1n) is 12.4. The van der Waals surface area contributed by atoms with Gasteiger partial charge in [-0.2, -0.15) is 0 Å². The first kappa shape index (κ1) is 26.1. The number of carbonyl (C=O) groups is 2. The molecule has 0 spiro atoms. The zero-order valence-corrected chi connectivity index (χ0v) is 22.1. The minimum absolute atomic E-state index is 0.0508. The monoisotopic (exact) mass is 541 g/mol. The highest BCUT2D eigenvalue weighted by Crippen LogP contribution is 2.47. The number of methoxy groups -OCH3 is 1. The van der Waals surface area contributed by atoms with E-state index in [0.29, 0.717) is 18.0 Å². The van der Waals surface area contributed by atoms with Gasteiger partial charge in [0.15, 0.2) is 5.13 Å². The smallest absolute Gasteiger partial charge is 0.360 e. The number of oxime groups is 1. The van der Waals surface area contributed by atoms with Crippen molar-refractivity contribution in [2.75, 3.05) is 19.0 Å². The molecule has 198 valence electrons. The first-order valence-corrected chi connectivity index (χ1v) is 13.3. The quantitative estimate of drug-likeness (QED) is 0.115. The lowest BCUT2D eigenvalue weighted by Gasteiger charge is -2.36. The molecular formula is C30H27N3O5S. The molecule has 1 heterocycles. The van der Waals surface area contributed by atoms with Crippen LogP contribution in [0, 0.1) is 5.41 Å². The van der Waals surface area contributed by atoms with E-state index >= 15 is 0 Å². The minimum atomic E-state index is -1.28. The Morgan fingerprint density at radius 1 is 0.949 bits per heavy atom. The van der Waals surface area contributed by atoms with Gasteiger partial charge in [0, 0.05) is 5.38 Å². The standard InChI is InChI=1S/C30H27N3O5S/c1-37-27(36)29(17-18-29)20-38-33-25(26(34)35)24-19-39-28(31-24)32-30(21-11-5-2-6-12-21,22-13-7-3-8-14-22)23-15-9-4-10-16-23/h2-16,19H,17-18,20H2,1H3,(H,31,32)(H,34,35). The highest BCUT2D eigenvalue weighted by atomic mass is 32.1. The van der Waals surface area contributed by atoms with Crippen LogP contribution in [0.1, 0.15) is 35.2 Å². The van der Waals surface area contributed by atoms with Crippen molar-refractivity contribution in [1.29, 1.82) is 0 Å². The minimum Gasteiger partial charge on any atom is -0.476 e. The summed E-state index contributed by atoms with van der Waals surface area (Å²) in [6.45, 7) is -0.0508. The van der Waals surface area contributed by atoms with Gasteiger partial charge >= 0.3 is 11.9 Å². The summed E-state index contributed by atoms with van der Waals surface area (Å²) in [7, 11) is 1.32. The van der Waals surface area contributed by atoms with E-state index in [4.69, 9.17) is 9.57 Å². The summed E-state index contributed by atoms with van der Waals surface area (Å²) in [4.78, 5) is 34.0. The number of benzene rings is 3. The first-order chi connectivity index (χ1) is 19.0. The molecular weight excluding hydrogens is 514 g/mol. The van der Waals surface area contributed by atoms with Crippen molar-refractivity contribution in [3.63, 3.8) is 0 Å². The van der Waals surface area contributed by atoms with Crippen LogP contribution in [0.5, 0.6) is 0 Å². The fraction of sp³-hybridized carbons (Fsp3) is 0.200. The van der Waals surface area contributed by atoms with E-state index in [1.807, 2.05) is 54.6 Å². The van der Waals surface area contributed by atoms with Crippen molar-refractivity contribution in [3.8, 4) is 0 Å². The van der Waals surface area contributed by atoms with Crippen LogP contribution in [0.3, 0.4) is 0 Å². The highest BCUT2D eigenvalue weighted by Gasteiger charge is 2.52. The van der Waals surface area contributed by atoms with Crippen LogP contribution in [-0.2, 0) is 24.7 Å². The molecule has 2 N–H and O–H groups in total. The van der Waals surface area contributed by atoms with Crippen LogP contribution in [0.25, 0.3) is 0 Å². The number of hydrogen-bond acceptors (Lipinski definition) is 8. The van der Waals surface area contributed by atoms with Crippen LogP contribution >= 0.6 is 11.3 Å². The Morgan fingerprint density at radius 3 is 1.90 bits per heavy atom. The normalized spacial score (nSPS) is 14.3. The fourth-order valence-electron chi connectivity index (χ4n) is 4.57. The second-order valence-corrected chi connectivity index (χ2v) is 10.2. The van der Waals surface area contributed by atoms with Gasteiger partial charge in [0.2, 0.25) is 5.71 Å². The van der Waals surface area contributed by atoms with Crippen LogP contribution in [0.4, 0.5) is 5.13 Å². The molecule has 4 aromatic rings. The highest BCUT2D eigenvalue weighted by molar-refractivity contribution is 7.14. The van der Waals surface area contributed by atoms with Crippen molar-refractivity contribution in [3.05, 3.63) is 119 Å². The molecule has 0 aliphatic heterocycles. The number of carbonyl (C=O) groups excluding carboxylic acids is 1. The maximum atomic E-state index is 12.1. The van der Waals surface area contributed by atoms with Crippen LogP contribution < -0.4 is 5.32 Å². The number of nitrogens with one attached hydrogen (secondary N) is 1. The maximum Gasteiger partial charge on any atom is 0.360 e. The predicted octanol–water partition coefficient (Wildman–Crippen LogP) is 5.31. The van der Waals surface area contributed by atoms with Gasteiger partial charge in [-0.3, -0.25) is 4.79 Å². The number of thiazole rings is 1. The van der Waals surface area contributed by atoms with E-state index in [1.165, 1.54) is 18.4 Å². The third-order valence-corrected chi connectivity index (χ3v) is 7.59. The van der Waals surface area contributed by atoms with Crippen LogP contribution in [0.2, 0.25) is 0 Å². The molecule has 1 aromatic heterocycles. The fourth-order valence-corrected chi connectivity index (χ4v) is 5.32. The molecule has 0 atom stereocenters. The van der Waals surface area contributed by atoms with E-state index in [2.05, 4.69) is 51.9 Å². The second kappa shape index (κ2) is 11.1. The van der Waals surface area contributed by atoms with Crippen LogP contribution in [-0.4, -0.2) is 41.5 Å². The Kier molecular flexibility index (Phi) is 7.42. The molecule has 1 aliphatic carbocycles. The van der Waals surface area contributed by atoms with E-state index in [-0.39, 0.29) is 24.0 Å². The molecule has 9 heteroatoms. The molecule has 5 rings (SSSR count). The summed E-state index contributed by atoms with van der Waals surface area (Å²) in [5.41, 5.74) is 1.23. The molecule has 0 saturated heterocycles.